The van der Waals surface area contributed by atoms with Crippen molar-refractivity contribution in [2.75, 3.05) is 26.2 Å². The number of halogens is 1. The number of hydrogen-bond donors (Lipinski definition) is 0. The van der Waals surface area contributed by atoms with E-state index < -0.39 is 0 Å². The van der Waals surface area contributed by atoms with Crippen LogP contribution >= 0.6 is 11.6 Å². The highest BCUT2D eigenvalue weighted by Gasteiger charge is 2.30. The van der Waals surface area contributed by atoms with Gasteiger partial charge in [-0.1, -0.05) is 78.3 Å². The van der Waals surface area contributed by atoms with E-state index in [2.05, 4.69) is 70.5 Å². The van der Waals surface area contributed by atoms with E-state index in [0.717, 1.165) is 50.6 Å². The summed E-state index contributed by atoms with van der Waals surface area (Å²) in [5, 5.41) is 0.876. The Morgan fingerprint density at radius 2 is 1.24 bits per heavy atom. The standard InChI is InChI=1S/C26H27ClN2/c27-25-12-6-3-9-22(25)19-28-15-17-29(18-16-28)26-23-10-4-1-7-20(23)13-14-21-8-2-5-11-24(21)26/h1-12,26H,13-19H2. The topological polar surface area (TPSA) is 6.48 Å². The molecule has 3 aromatic carbocycles. The highest BCUT2D eigenvalue weighted by molar-refractivity contribution is 6.31. The van der Waals surface area contributed by atoms with Crippen molar-refractivity contribution in [3.63, 3.8) is 0 Å². The van der Waals surface area contributed by atoms with Crippen LogP contribution in [0.4, 0.5) is 0 Å². The lowest BCUT2D eigenvalue weighted by Crippen LogP contribution is -2.47. The molecule has 2 nitrogen and oxygen atoms in total. The minimum absolute atomic E-state index is 0.368. The second-order valence-corrected chi connectivity index (χ2v) is 8.61. The number of nitrogens with zero attached hydrogens (tertiary/aromatic N) is 2. The SMILES string of the molecule is Clc1ccccc1CN1CCN(C2c3ccccc3CCc3ccccc32)CC1. The lowest BCUT2D eigenvalue weighted by molar-refractivity contribution is 0.104. The van der Waals surface area contributed by atoms with Gasteiger partial charge in [0.2, 0.25) is 0 Å². The molecule has 3 aromatic rings. The highest BCUT2D eigenvalue weighted by Crippen LogP contribution is 2.37. The third kappa shape index (κ3) is 3.85. The van der Waals surface area contributed by atoms with Crippen LogP contribution in [0.2, 0.25) is 5.02 Å². The number of aryl methyl sites for hydroxylation is 2. The Morgan fingerprint density at radius 1 is 0.690 bits per heavy atom. The van der Waals surface area contributed by atoms with Crippen LogP contribution in [0.1, 0.15) is 33.9 Å². The Hall–Kier alpha value is -2.13. The monoisotopic (exact) mass is 402 g/mol. The first-order chi connectivity index (χ1) is 14.3. The first-order valence-electron chi connectivity index (χ1n) is 10.6. The number of benzene rings is 3. The fourth-order valence-electron chi connectivity index (χ4n) is 4.93. The summed E-state index contributed by atoms with van der Waals surface area (Å²) in [7, 11) is 0. The lowest BCUT2D eigenvalue weighted by Gasteiger charge is -2.40. The summed E-state index contributed by atoms with van der Waals surface area (Å²) in [4.78, 5) is 5.22. The Morgan fingerprint density at radius 3 is 1.86 bits per heavy atom. The summed E-state index contributed by atoms with van der Waals surface area (Å²) in [6.45, 7) is 5.25. The van der Waals surface area contributed by atoms with Crippen LogP contribution in [0, 0.1) is 0 Å². The number of piperazine rings is 1. The van der Waals surface area contributed by atoms with Gasteiger partial charge in [-0.3, -0.25) is 9.80 Å². The second-order valence-electron chi connectivity index (χ2n) is 8.20. The first kappa shape index (κ1) is 18.9. The van der Waals surface area contributed by atoms with Gasteiger partial charge in [0.15, 0.2) is 0 Å². The molecule has 0 N–H and O–H groups in total. The van der Waals surface area contributed by atoms with Gasteiger partial charge >= 0.3 is 0 Å². The minimum atomic E-state index is 0.368. The van der Waals surface area contributed by atoms with Crippen LogP contribution in [0.15, 0.2) is 72.8 Å². The minimum Gasteiger partial charge on any atom is -0.296 e. The van der Waals surface area contributed by atoms with Crippen molar-refractivity contribution in [2.45, 2.75) is 25.4 Å². The molecular weight excluding hydrogens is 376 g/mol. The lowest BCUT2D eigenvalue weighted by atomic mass is 9.92. The van der Waals surface area contributed by atoms with Gasteiger partial charge in [0.25, 0.3) is 0 Å². The van der Waals surface area contributed by atoms with E-state index in [-0.39, 0.29) is 0 Å². The number of hydrogen-bond acceptors (Lipinski definition) is 2. The van der Waals surface area contributed by atoms with E-state index in [1.807, 2.05) is 12.1 Å². The zero-order valence-electron chi connectivity index (χ0n) is 16.7. The predicted octanol–water partition coefficient (Wildman–Crippen LogP) is 5.35. The molecule has 2 aliphatic rings. The van der Waals surface area contributed by atoms with E-state index in [1.54, 1.807) is 0 Å². The van der Waals surface area contributed by atoms with Crippen LogP contribution in [-0.2, 0) is 19.4 Å². The number of rotatable bonds is 3. The van der Waals surface area contributed by atoms with E-state index in [1.165, 1.54) is 27.8 Å². The van der Waals surface area contributed by atoms with Gasteiger partial charge in [0.05, 0.1) is 6.04 Å². The maximum Gasteiger partial charge on any atom is 0.0608 e. The molecule has 1 heterocycles. The molecule has 1 aliphatic carbocycles. The van der Waals surface area contributed by atoms with Gasteiger partial charge < -0.3 is 0 Å². The van der Waals surface area contributed by atoms with Crippen LogP contribution < -0.4 is 0 Å². The molecule has 5 rings (SSSR count). The van der Waals surface area contributed by atoms with Crippen molar-refractivity contribution < 1.29 is 0 Å². The van der Waals surface area contributed by atoms with Gasteiger partial charge in [-0.15, -0.1) is 0 Å². The Balaban J connectivity index is 1.38. The fraction of sp³-hybridized carbons (Fsp3) is 0.308. The molecule has 0 bridgehead atoms. The summed E-state index contributed by atoms with van der Waals surface area (Å²) < 4.78 is 0. The second kappa shape index (κ2) is 8.31. The number of fused-ring (bicyclic) bond motifs is 2. The zero-order chi connectivity index (χ0) is 19.6. The molecule has 0 atom stereocenters. The zero-order valence-corrected chi connectivity index (χ0v) is 17.5. The maximum atomic E-state index is 6.39. The van der Waals surface area contributed by atoms with Crippen molar-refractivity contribution in [3.8, 4) is 0 Å². The van der Waals surface area contributed by atoms with Crippen molar-refractivity contribution in [2.24, 2.45) is 0 Å². The summed E-state index contributed by atoms with van der Waals surface area (Å²) in [6.07, 6.45) is 2.27. The largest absolute Gasteiger partial charge is 0.296 e. The molecule has 0 radical (unpaired) electrons. The third-order valence-corrected chi connectivity index (χ3v) is 6.86. The molecule has 0 amide bonds. The van der Waals surface area contributed by atoms with E-state index in [4.69, 9.17) is 11.6 Å². The van der Waals surface area contributed by atoms with Crippen molar-refractivity contribution >= 4 is 11.6 Å². The molecule has 29 heavy (non-hydrogen) atoms. The third-order valence-electron chi connectivity index (χ3n) is 6.49. The Bertz CT molecular complexity index is 944. The van der Waals surface area contributed by atoms with Gasteiger partial charge in [-0.2, -0.15) is 0 Å². The van der Waals surface area contributed by atoms with Crippen LogP contribution in [0.25, 0.3) is 0 Å². The van der Waals surface area contributed by atoms with Gasteiger partial charge in [0.1, 0.15) is 0 Å². The molecule has 0 unspecified atom stereocenters. The molecule has 0 spiro atoms. The normalized spacial score (nSPS) is 18.1. The van der Waals surface area contributed by atoms with Gasteiger partial charge in [0, 0.05) is 37.7 Å². The van der Waals surface area contributed by atoms with E-state index >= 15 is 0 Å². The first-order valence-corrected chi connectivity index (χ1v) is 11.0. The van der Waals surface area contributed by atoms with Crippen LogP contribution in [0.5, 0.6) is 0 Å². The van der Waals surface area contributed by atoms with Crippen molar-refractivity contribution in [3.05, 3.63) is 106 Å². The molecule has 3 heteroatoms. The fourth-order valence-corrected chi connectivity index (χ4v) is 5.13. The summed E-state index contributed by atoms with van der Waals surface area (Å²) in [5.41, 5.74) is 7.24. The van der Waals surface area contributed by atoms with Crippen molar-refractivity contribution in [1.29, 1.82) is 0 Å². The van der Waals surface area contributed by atoms with Crippen molar-refractivity contribution in [1.82, 2.24) is 9.80 Å². The van der Waals surface area contributed by atoms with Crippen LogP contribution in [-0.4, -0.2) is 36.0 Å². The maximum absolute atomic E-state index is 6.39. The smallest absolute Gasteiger partial charge is 0.0608 e. The Labute approximate surface area is 178 Å². The van der Waals surface area contributed by atoms with Gasteiger partial charge in [-0.25, -0.2) is 0 Å². The van der Waals surface area contributed by atoms with Crippen LogP contribution in [0.3, 0.4) is 0 Å². The molecule has 1 aliphatic heterocycles. The Kier molecular flexibility index (Phi) is 5.41. The molecule has 0 saturated carbocycles. The predicted molar refractivity (Wildman–Crippen MR) is 120 cm³/mol. The summed E-state index contributed by atoms with van der Waals surface area (Å²) in [6, 6.07) is 26.7. The molecule has 0 aromatic heterocycles. The average molecular weight is 403 g/mol. The van der Waals surface area contributed by atoms with E-state index in [9.17, 15) is 0 Å². The molecule has 148 valence electrons. The summed E-state index contributed by atoms with van der Waals surface area (Å²) >= 11 is 6.39. The molecule has 1 fully saturated rings. The summed E-state index contributed by atoms with van der Waals surface area (Å²) in [5.74, 6) is 0. The molecular formula is C26H27ClN2. The quantitative estimate of drug-likeness (QED) is 0.583. The molecule has 1 saturated heterocycles. The van der Waals surface area contributed by atoms with Gasteiger partial charge in [-0.05, 0) is 46.7 Å². The highest BCUT2D eigenvalue weighted by atomic mass is 35.5. The average Bonchev–Trinajstić information content (AvgIpc) is 2.93. The van der Waals surface area contributed by atoms with E-state index in [0.29, 0.717) is 6.04 Å².